The molecule has 0 aromatic heterocycles. The summed E-state index contributed by atoms with van der Waals surface area (Å²) < 4.78 is 20.5. The van der Waals surface area contributed by atoms with Crippen LogP contribution in [0.2, 0.25) is 0 Å². The minimum Gasteiger partial charge on any atom is -0.496 e. The fraction of sp³-hybridized carbons (Fsp3) is 0.333. The van der Waals surface area contributed by atoms with Crippen LogP contribution in [0.25, 0.3) is 11.1 Å². The molecule has 0 radical (unpaired) electrons. The number of carbonyl (C=O) groups excluding carboxylic acids is 1. The Bertz CT molecular complexity index is 1320. The first kappa shape index (κ1) is 24.8. The average Bonchev–Trinajstić information content (AvgIpc) is 3.82. The summed E-state index contributed by atoms with van der Waals surface area (Å²) in [5.41, 5.74) is 6.21. The van der Waals surface area contributed by atoms with Crippen LogP contribution in [0.3, 0.4) is 0 Å². The number of hydrogen-bond acceptors (Lipinski definition) is 3. The van der Waals surface area contributed by atoms with Crippen LogP contribution in [-0.2, 0) is 17.8 Å². The van der Waals surface area contributed by atoms with E-state index in [-0.39, 0.29) is 17.6 Å². The van der Waals surface area contributed by atoms with Crippen molar-refractivity contribution >= 4 is 12.1 Å². The van der Waals surface area contributed by atoms with Crippen molar-refractivity contribution in [1.82, 2.24) is 4.90 Å². The molecule has 2 atom stereocenters. The number of nitrogens with zero attached hydrogens (tertiary/aromatic N) is 1. The van der Waals surface area contributed by atoms with Gasteiger partial charge in [-0.2, -0.15) is 0 Å². The van der Waals surface area contributed by atoms with Gasteiger partial charge in [-0.05, 0) is 83.5 Å². The maximum Gasteiger partial charge on any atom is 0.503 e. The predicted octanol–water partition coefficient (Wildman–Crippen LogP) is 6.29. The van der Waals surface area contributed by atoms with E-state index >= 15 is 0 Å². The Morgan fingerprint density at radius 2 is 1.68 bits per heavy atom. The standard InChI is InChI=1S/C29H28FNO2.CH2O3/c1-33-28-12-9-20(18-7-8-18)15-24(28)21-10-11-27(30)22-13-14-31(17-26(21)22)29(32)25-16-23(25)19-5-3-2-4-6-19;2-1(3)4/h2-6,9-12,15,18,23,25H,7-8,13-14,16-17H2,1H3;(H2,2,3,4)/t23-,25+;/m0./s1. The highest BCUT2D eigenvalue weighted by molar-refractivity contribution is 5.84. The summed E-state index contributed by atoms with van der Waals surface area (Å²) in [6.45, 7) is 1.03. The summed E-state index contributed by atoms with van der Waals surface area (Å²) in [7, 11) is 1.68. The van der Waals surface area contributed by atoms with E-state index in [2.05, 4.69) is 24.3 Å². The van der Waals surface area contributed by atoms with Gasteiger partial charge in [0.25, 0.3) is 0 Å². The number of benzene rings is 3. The van der Waals surface area contributed by atoms with Gasteiger partial charge in [-0.3, -0.25) is 4.79 Å². The first-order chi connectivity index (χ1) is 17.9. The van der Waals surface area contributed by atoms with Crippen LogP contribution in [0.4, 0.5) is 9.18 Å². The number of carboxylic acid groups (broad SMARTS) is 2. The number of carbonyl (C=O) groups is 2. The van der Waals surface area contributed by atoms with Gasteiger partial charge in [0.2, 0.25) is 5.91 Å². The third-order valence-corrected chi connectivity index (χ3v) is 7.56. The summed E-state index contributed by atoms with van der Waals surface area (Å²) >= 11 is 0. The third-order valence-electron chi connectivity index (χ3n) is 7.56. The zero-order chi connectivity index (χ0) is 26.1. The van der Waals surface area contributed by atoms with Crippen molar-refractivity contribution in [3.63, 3.8) is 0 Å². The van der Waals surface area contributed by atoms with Crippen LogP contribution in [0.1, 0.15) is 53.4 Å². The maximum absolute atomic E-state index is 14.8. The molecule has 2 saturated carbocycles. The Morgan fingerprint density at radius 3 is 2.35 bits per heavy atom. The molecule has 0 spiro atoms. The van der Waals surface area contributed by atoms with Crippen molar-refractivity contribution in [1.29, 1.82) is 0 Å². The number of methoxy groups -OCH3 is 1. The molecule has 0 saturated heterocycles. The van der Waals surface area contributed by atoms with Crippen molar-refractivity contribution in [2.24, 2.45) is 5.92 Å². The van der Waals surface area contributed by atoms with E-state index in [1.807, 2.05) is 35.2 Å². The van der Waals surface area contributed by atoms with E-state index in [1.165, 1.54) is 24.0 Å². The lowest BCUT2D eigenvalue weighted by Crippen LogP contribution is -2.37. The molecule has 192 valence electrons. The molecular formula is C30H30FNO5. The Balaban J connectivity index is 0.000000655. The van der Waals surface area contributed by atoms with Gasteiger partial charge in [0.15, 0.2) is 0 Å². The molecule has 2 aliphatic carbocycles. The molecule has 6 nitrogen and oxygen atoms in total. The van der Waals surface area contributed by atoms with Crippen molar-refractivity contribution in [2.75, 3.05) is 13.7 Å². The monoisotopic (exact) mass is 503 g/mol. The van der Waals surface area contributed by atoms with Crippen molar-refractivity contribution in [2.45, 2.75) is 44.1 Å². The van der Waals surface area contributed by atoms with Gasteiger partial charge < -0.3 is 19.8 Å². The quantitative estimate of drug-likeness (QED) is 0.427. The lowest BCUT2D eigenvalue weighted by atomic mass is 9.89. The van der Waals surface area contributed by atoms with E-state index in [0.29, 0.717) is 31.3 Å². The van der Waals surface area contributed by atoms with Gasteiger partial charge in [0, 0.05) is 24.6 Å². The molecule has 3 aliphatic rings. The van der Waals surface area contributed by atoms with E-state index < -0.39 is 6.16 Å². The Labute approximate surface area is 215 Å². The number of hydrogen-bond donors (Lipinski definition) is 2. The second-order valence-electron chi connectivity index (χ2n) is 9.94. The first-order valence-corrected chi connectivity index (χ1v) is 12.6. The van der Waals surface area contributed by atoms with Gasteiger partial charge in [0.1, 0.15) is 11.6 Å². The van der Waals surface area contributed by atoms with Gasteiger partial charge >= 0.3 is 6.16 Å². The van der Waals surface area contributed by atoms with Crippen LogP contribution in [0.15, 0.2) is 60.7 Å². The number of halogens is 1. The minimum absolute atomic E-state index is 0.0405. The van der Waals surface area contributed by atoms with Crippen molar-refractivity contribution in [3.05, 3.63) is 88.7 Å². The number of ether oxygens (including phenoxy) is 1. The predicted molar refractivity (Wildman–Crippen MR) is 137 cm³/mol. The molecule has 37 heavy (non-hydrogen) atoms. The number of amides is 1. The Hall–Kier alpha value is -3.87. The molecule has 1 amide bonds. The van der Waals surface area contributed by atoms with Crippen LogP contribution in [-0.4, -0.2) is 40.8 Å². The minimum atomic E-state index is -1.83. The summed E-state index contributed by atoms with van der Waals surface area (Å²) in [6, 6.07) is 20.1. The molecule has 3 aromatic rings. The van der Waals surface area contributed by atoms with E-state index in [0.717, 1.165) is 34.4 Å². The summed E-state index contributed by atoms with van der Waals surface area (Å²) in [6.07, 6.45) is 2.06. The second-order valence-corrected chi connectivity index (χ2v) is 9.94. The molecule has 1 heterocycles. The Morgan fingerprint density at radius 1 is 0.946 bits per heavy atom. The van der Waals surface area contributed by atoms with Crippen molar-refractivity contribution in [3.8, 4) is 16.9 Å². The topological polar surface area (TPSA) is 87.1 Å². The lowest BCUT2D eigenvalue weighted by molar-refractivity contribution is -0.133. The summed E-state index contributed by atoms with van der Waals surface area (Å²) in [5.74, 6) is 1.79. The fourth-order valence-electron chi connectivity index (χ4n) is 5.45. The van der Waals surface area contributed by atoms with Gasteiger partial charge in [-0.1, -0.05) is 42.5 Å². The summed E-state index contributed by atoms with van der Waals surface area (Å²) in [4.78, 5) is 23.9. The van der Waals surface area contributed by atoms with Crippen LogP contribution in [0, 0.1) is 11.7 Å². The van der Waals surface area contributed by atoms with Crippen LogP contribution < -0.4 is 4.74 Å². The van der Waals surface area contributed by atoms with Gasteiger partial charge in [-0.15, -0.1) is 0 Å². The average molecular weight is 504 g/mol. The lowest BCUT2D eigenvalue weighted by Gasteiger charge is -2.31. The highest BCUT2D eigenvalue weighted by Crippen LogP contribution is 2.49. The molecule has 2 N–H and O–H groups in total. The molecule has 3 aromatic carbocycles. The summed E-state index contributed by atoms with van der Waals surface area (Å²) in [5, 5.41) is 13.9. The van der Waals surface area contributed by atoms with Crippen molar-refractivity contribution < 1.29 is 28.9 Å². The van der Waals surface area contributed by atoms with Gasteiger partial charge in [0.05, 0.1) is 7.11 Å². The molecule has 0 bridgehead atoms. The van der Waals surface area contributed by atoms with Crippen LogP contribution in [0.5, 0.6) is 5.75 Å². The first-order valence-electron chi connectivity index (χ1n) is 12.6. The van der Waals surface area contributed by atoms with E-state index in [4.69, 9.17) is 19.7 Å². The zero-order valence-electron chi connectivity index (χ0n) is 20.7. The SMILES string of the molecule is COc1ccc(C2CC2)cc1-c1ccc(F)c2c1CN(C(=O)[C@@H]1C[C@H]1c1ccccc1)CC2.O=C(O)O. The molecular weight excluding hydrogens is 473 g/mol. The van der Waals surface area contributed by atoms with E-state index in [9.17, 15) is 9.18 Å². The smallest absolute Gasteiger partial charge is 0.496 e. The van der Waals surface area contributed by atoms with Crippen LogP contribution >= 0.6 is 0 Å². The maximum atomic E-state index is 14.8. The third kappa shape index (κ3) is 5.31. The largest absolute Gasteiger partial charge is 0.503 e. The number of rotatable bonds is 5. The normalized spacial score (nSPS) is 19.8. The molecule has 1 aliphatic heterocycles. The molecule has 7 heteroatoms. The highest BCUT2D eigenvalue weighted by Gasteiger charge is 2.46. The zero-order valence-corrected chi connectivity index (χ0v) is 20.7. The van der Waals surface area contributed by atoms with Gasteiger partial charge in [-0.25, -0.2) is 9.18 Å². The molecule has 0 unspecified atom stereocenters. The molecule has 2 fully saturated rings. The van der Waals surface area contributed by atoms with E-state index in [1.54, 1.807) is 13.2 Å². The number of fused-ring (bicyclic) bond motifs is 1. The Kier molecular flexibility index (Phi) is 6.87. The fourth-order valence-corrected chi connectivity index (χ4v) is 5.45. The second kappa shape index (κ2) is 10.2. The highest BCUT2D eigenvalue weighted by atomic mass is 19.1. The molecule has 6 rings (SSSR count).